The van der Waals surface area contributed by atoms with E-state index in [2.05, 4.69) is 59.6 Å². The maximum Gasteiger partial charge on any atom is 0.251 e. The van der Waals surface area contributed by atoms with E-state index < -0.39 is 5.60 Å². The van der Waals surface area contributed by atoms with Gasteiger partial charge in [-0.2, -0.15) is 0 Å². The van der Waals surface area contributed by atoms with Crippen molar-refractivity contribution in [2.45, 2.75) is 12.0 Å². The number of methoxy groups -OCH3 is 1. The molecule has 0 aliphatic rings. The largest absolute Gasteiger partial charge is 0.362 e. The minimum atomic E-state index is -0.967. The number of hydrogen-bond acceptors (Lipinski definition) is 3. The maximum atomic E-state index is 13.1. The number of rotatable bonds is 7. The van der Waals surface area contributed by atoms with Crippen molar-refractivity contribution >= 4 is 22.5 Å². The Hall–Kier alpha value is -4.45. The van der Waals surface area contributed by atoms with Gasteiger partial charge in [0.2, 0.25) is 0 Å². The molecule has 0 radical (unpaired) electrons. The first-order chi connectivity index (χ1) is 19.9. The van der Waals surface area contributed by atoms with Crippen molar-refractivity contribution in [3.8, 4) is 11.1 Å². The molecule has 1 atom stereocenters. The summed E-state index contributed by atoms with van der Waals surface area (Å²) in [6, 6.07) is 34.4. The Morgan fingerprint density at radius 3 is 2.27 bits per heavy atom. The summed E-state index contributed by atoms with van der Waals surface area (Å²) in [5, 5.41) is 1.61. The molecule has 0 aliphatic heterocycles. The smallest absolute Gasteiger partial charge is 0.251 e. The average molecular weight is 560 g/mol. The molecule has 1 unspecified atom stereocenters. The van der Waals surface area contributed by atoms with E-state index >= 15 is 0 Å². The van der Waals surface area contributed by atoms with Gasteiger partial charge >= 0.3 is 0 Å². The first-order valence-corrected chi connectivity index (χ1v) is 13.8. The normalized spacial score (nSPS) is 12.9. The zero-order valence-electron chi connectivity index (χ0n) is 23.2. The summed E-state index contributed by atoms with van der Waals surface area (Å²) in [6.07, 6.45) is 4.41. The minimum Gasteiger partial charge on any atom is -0.362 e. The number of ether oxygens (including phenoxy) is 1. The molecule has 5 nitrogen and oxygen atoms in total. The van der Waals surface area contributed by atoms with Crippen molar-refractivity contribution < 1.29 is 4.74 Å². The number of aromatic nitrogens is 3. The number of pyridine rings is 1. The van der Waals surface area contributed by atoms with Crippen molar-refractivity contribution in [2.75, 3.05) is 7.11 Å². The van der Waals surface area contributed by atoms with Crippen LogP contribution in [-0.4, -0.2) is 21.2 Å². The second-order valence-electron chi connectivity index (χ2n) is 10.3. The summed E-state index contributed by atoms with van der Waals surface area (Å²) in [6.45, 7) is 0. The van der Waals surface area contributed by atoms with Crippen molar-refractivity contribution in [3.63, 3.8) is 0 Å². The van der Waals surface area contributed by atoms with Crippen LogP contribution in [0, 0.1) is 0 Å². The molecule has 0 N–H and O–H groups in total. The number of benzene rings is 4. The van der Waals surface area contributed by atoms with Gasteiger partial charge in [-0.05, 0) is 64.1 Å². The van der Waals surface area contributed by atoms with E-state index in [4.69, 9.17) is 16.3 Å². The second kappa shape index (κ2) is 10.8. The highest BCUT2D eigenvalue weighted by Gasteiger charge is 2.39. The van der Waals surface area contributed by atoms with Crippen molar-refractivity contribution in [1.29, 1.82) is 0 Å². The monoisotopic (exact) mass is 559 g/mol. The quantitative estimate of drug-likeness (QED) is 0.209. The van der Waals surface area contributed by atoms with Gasteiger partial charge in [0.1, 0.15) is 0 Å². The van der Waals surface area contributed by atoms with E-state index in [0.29, 0.717) is 5.02 Å². The highest BCUT2D eigenvalue weighted by atomic mass is 35.5. The molecule has 204 valence electrons. The lowest BCUT2D eigenvalue weighted by molar-refractivity contribution is 0.0525. The Morgan fingerprint density at radius 2 is 1.56 bits per heavy atom. The fourth-order valence-electron chi connectivity index (χ4n) is 5.78. The van der Waals surface area contributed by atoms with Gasteiger partial charge in [0, 0.05) is 37.7 Å². The molecule has 41 heavy (non-hydrogen) atoms. The number of aryl methyl sites for hydroxylation is 2. The molecule has 0 amide bonds. The number of hydrogen-bond donors (Lipinski definition) is 0. The van der Waals surface area contributed by atoms with Crippen molar-refractivity contribution in [3.05, 3.63) is 159 Å². The van der Waals surface area contributed by atoms with E-state index in [1.807, 2.05) is 67.3 Å². The van der Waals surface area contributed by atoms with Gasteiger partial charge in [0.25, 0.3) is 5.56 Å². The molecule has 6 aromatic rings. The zero-order chi connectivity index (χ0) is 28.6. The summed E-state index contributed by atoms with van der Waals surface area (Å²) in [7, 11) is 5.48. The lowest BCUT2D eigenvalue weighted by atomic mass is 9.82. The zero-order valence-corrected chi connectivity index (χ0v) is 24.0. The summed E-state index contributed by atoms with van der Waals surface area (Å²) in [5.41, 5.74) is 6.82. The Labute approximate surface area is 244 Å². The predicted molar refractivity (Wildman–Crippen MR) is 165 cm³/mol. The van der Waals surface area contributed by atoms with Gasteiger partial charge in [0.05, 0.1) is 23.7 Å². The second-order valence-corrected chi connectivity index (χ2v) is 10.8. The van der Waals surface area contributed by atoms with Crippen LogP contribution >= 0.6 is 11.6 Å². The fourth-order valence-corrected chi connectivity index (χ4v) is 5.91. The SMILES string of the molecule is COC(c1ccc(Cl)cc1)(c1ccc2c(c1)c(-c1cccc(Cc3ccccc3)c1)cc(=O)n2C)c1cncn1C. The minimum absolute atomic E-state index is 0.0592. The number of fused-ring (bicyclic) bond motifs is 1. The van der Waals surface area contributed by atoms with Gasteiger partial charge in [-0.1, -0.05) is 84.4 Å². The summed E-state index contributed by atoms with van der Waals surface area (Å²) in [5.74, 6) is 0. The molecule has 0 bridgehead atoms. The molecule has 0 aliphatic carbocycles. The molecular weight excluding hydrogens is 530 g/mol. The van der Waals surface area contributed by atoms with Crippen LogP contribution < -0.4 is 5.56 Å². The van der Waals surface area contributed by atoms with Crippen LogP contribution in [0.1, 0.15) is 27.9 Å². The van der Waals surface area contributed by atoms with E-state index in [0.717, 1.165) is 45.3 Å². The Bertz CT molecular complexity index is 1910. The molecule has 2 heterocycles. The van der Waals surface area contributed by atoms with E-state index in [1.165, 1.54) is 11.1 Å². The third-order valence-electron chi connectivity index (χ3n) is 7.88. The topological polar surface area (TPSA) is 49.1 Å². The third-order valence-corrected chi connectivity index (χ3v) is 8.13. The lowest BCUT2D eigenvalue weighted by Gasteiger charge is -2.34. The van der Waals surface area contributed by atoms with Gasteiger partial charge in [0.15, 0.2) is 5.60 Å². The van der Waals surface area contributed by atoms with Crippen LogP contribution in [0.25, 0.3) is 22.0 Å². The van der Waals surface area contributed by atoms with Crippen LogP contribution in [0.5, 0.6) is 0 Å². The standard InChI is InChI=1S/C35H30ClN3O2/c1-38-23-37-22-33(38)35(41-3,27-12-15-29(36)16-13-27)28-14-17-32-31(20-28)30(21-34(40)39(32)2)26-11-7-10-25(19-26)18-24-8-5-4-6-9-24/h4-17,19-23H,18H2,1-3H3. The van der Waals surface area contributed by atoms with E-state index in [9.17, 15) is 4.79 Å². The van der Waals surface area contributed by atoms with Crippen LogP contribution in [0.15, 0.2) is 120 Å². The van der Waals surface area contributed by atoms with E-state index in [-0.39, 0.29) is 5.56 Å². The average Bonchev–Trinajstić information content (AvgIpc) is 3.43. The first-order valence-electron chi connectivity index (χ1n) is 13.5. The molecule has 6 heteroatoms. The van der Waals surface area contributed by atoms with Crippen LogP contribution in [-0.2, 0) is 30.9 Å². The Kier molecular flexibility index (Phi) is 7.08. The molecule has 4 aromatic carbocycles. The van der Waals surface area contributed by atoms with Crippen molar-refractivity contribution in [2.24, 2.45) is 14.1 Å². The molecule has 2 aromatic heterocycles. The summed E-state index contributed by atoms with van der Waals surface area (Å²) < 4.78 is 10.1. The molecular formula is C35H30ClN3O2. The van der Waals surface area contributed by atoms with E-state index in [1.54, 1.807) is 24.1 Å². The predicted octanol–water partition coefficient (Wildman–Crippen LogP) is 7.12. The van der Waals surface area contributed by atoms with Crippen LogP contribution in [0.2, 0.25) is 5.02 Å². The molecule has 6 rings (SSSR count). The van der Waals surface area contributed by atoms with Gasteiger partial charge < -0.3 is 13.9 Å². The number of nitrogens with zero attached hydrogens (tertiary/aromatic N) is 3. The third kappa shape index (κ3) is 4.77. The number of imidazole rings is 1. The Balaban J connectivity index is 1.58. The highest BCUT2D eigenvalue weighted by Crippen LogP contribution is 2.42. The maximum absolute atomic E-state index is 13.1. The Morgan fingerprint density at radius 1 is 0.829 bits per heavy atom. The summed E-state index contributed by atoms with van der Waals surface area (Å²) in [4.78, 5) is 17.6. The molecule has 0 saturated heterocycles. The fraction of sp³-hybridized carbons (Fsp3) is 0.143. The molecule has 0 fully saturated rings. The number of halogens is 1. The molecule has 0 saturated carbocycles. The first kappa shape index (κ1) is 26.8. The lowest BCUT2D eigenvalue weighted by Crippen LogP contribution is -2.33. The molecule has 0 spiro atoms. The van der Waals surface area contributed by atoms with Crippen molar-refractivity contribution in [1.82, 2.24) is 14.1 Å². The van der Waals surface area contributed by atoms with Crippen LogP contribution in [0.3, 0.4) is 0 Å². The van der Waals surface area contributed by atoms with Gasteiger partial charge in [-0.3, -0.25) is 4.79 Å². The van der Waals surface area contributed by atoms with Gasteiger partial charge in [-0.25, -0.2) is 4.98 Å². The highest BCUT2D eigenvalue weighted by molar-refractivity contribution is 6.30. The van der Waals surface area contributed by atoms with Gasteiger partial charge in [-0.15, -0.1) is 0 Å². The van der Waals surface area contributed by atoms with Crippen LogP contribution in [0.4, 0.5) is 0 Å². The summed E-state index contributed by atoms with van der Waals surface area (Å²) >= 11 is 6.28.